The molecule has 0 aliphatic carbocycles. The van der Waals surface area contributed by atoms with Crippen molar-refractivity contribution in [2.75, 3.05) is 18.5 Å². The number of nitrogens with zero attached hydrogens (tertiary/aromatic N) is 1. The fourth-order valence-corrected chi connectivity index (χ4v) is 1.32. The minimum Gasteiger partial charge on any atom is -0.392 e. The van der Waals surface area contributed by atoms with E-state index < -0.39 is 0 Å². The first kappa shape index (κ1) is 10.4. The number of likely N-dealkylation sites (N-methyl/N-ethyl adjacent to an activating group) is 1. The highest BCUT2D eigenvalue weighted by Gasteiger charge is 2.03. The third-order valence-electron chi connectivity index (χ3n) is 1.81. The van der Waals surface area contributed by atoms with E-state index in [2.05, 4.69) is 0 Å². The van der Waals surface area contributed by atoms with Crippen molar-refractivity contribution in [3.8, 4) is 0 Å². The molecule has 0 amide bonds. The molecule has 13 heavy (non-hydrogen) atoms. The van der Waals surface area contributed by atoms with Crippen LogP contribution in [-0.4, -0.2) is 24.8 Å². The van der Waals surface area contributed by atoms with Crippen molar-refractivity contribution >= 4 is 17.3 Å². The Kier molecular flexibility index (Phi) is 3.58. The molecule has 1 rings (SSSR count). The summed E-state index contributed by atoms with van der Waals surface area (Å²) >= 11 is 5.75. The van der Waals surface area contributed by atoms with Gasteiger partial charge in [0.25, 0.3) is 0 Å². The van der Waals surface area contributed by atoms with E-state index in [4.69, 9.17) is 11.6 Å². The summed E-state index contributed by atoms with van der Waals surface area (Å²) in [6.07, 6.45) is -0.319. The van der Waals surface area contributed by atoms with Crippen molar-refractivity contribution in [2.24, 2.45) is 0 Å². The Morgan fingerprint density at radius 3 is 2.38 bits per heavy atom. The lowest BCUT2D eigenvalue weighted by Gasteiger charge is -2.20. The molecule has 0 fully saturated rings. The summed E-state index contributed by atoms with van der Waals surface area (Å²) in [6, 6.07) is 7.56. The quantitative estimate of drug-likeness (QED) is 0.807. The third kappa shape index (κ3) is 3.25. The van der Waals surface area contributed by atoms with Gasteiger partial charge >= 0.3 is 0 Å². The molecule has 1 N–H and O–H groups in total. The molecular formula is C10H14ClNO. The molecule has 0 spiro atoms. The minimum atomic E-state index is -0.319. The Morgan fingerprint density at radius 1 is 1.38 bits per heavy atom. The normalized spacial score (nSPS) is 12.6. The van der Waals surface area contributed by atoms with E-state index >= 15 is 0 Å². The van der Waals surface area contributed by atoms with E-state index in [0.717, 1.165) is 10.7 Å². The number of anilines is 1. The zero-order chi connectivity index (χ0) is 9.84. The van der Waals surface area contributed by atoms with Gasteiger partial charge in [-0.3, -0.25) is 0 Å². The summed E-state index contributed by atoms with van der Waals surface area (Å²) in [5, 5.41) is 9.90. The van der Waals surface area contributed by atoms with E-state index in [-0.39, 0.29) is 6.10 Å². The largest absolute Gasteiger partial charge is 0.392 e. The highest BCUT2D eigenvalue weighted by atomic mass is 35.5. The summed E-state index contributed by atoms with van der Waals surface area (Å²) in [5.41, 5.74) is 1.06. The topological polar surface area (TPSA) is 23.5 Å². The first-order valence-corrected chi connectivity index (χ1v) is 4.62. The average molecular weight is 200 g/mol. The lowest BCUT2D eigenvalue weighted by molar-refractivity contribution is 0.201. The smallest absolute Gasteiger partial charge is 0.0686 e. The highest BCUT2D eigenvalue weighted by molar-refractivity contribution is 6.30. The van der Waals surface area contributed by atoms with E-state index in [1.807, 2.05) is 36.2 Å². The first-order valence-electron chi connectivity index (χ1n) is 4.24. The van der Waals surface area contributed by atoms with Gasteiger partial charge in [0, 0.05) is 24.3 Å². The Morgan fingerprint density at radius 2 is 1.92 bits per heavy atom. The minimum absolute atomic E-state index is 0.319. The van der Waals surface area contributed by atoms with E-state index in [9.17, 15) is 5.11 Å². The summed E-state index contributed by atoms with van der Waals surface area (Å²) in [4.78, 5) is 1.99. The molecular weight excluding hydrogens is 186 g/mol. The number of hydrogen-bond donors (Lipinski definition) is 1. The standard InChI is InChI=1S/C10H14ClNO/c1-8(13)7-12(2)10-5-3-9(11)4-6-10/h3-6,8,13H,7H2,1-2H3. The van der Waals surface area contributed by atoms with Gasteiger partial charge < -0.3 is 10.0 Å². The van der Waals surface area contributed by atoms with Crippen LogP contribution in [0.4, 0.5) is 5.69 Å². The molecule has 1 aromatic carbocycles. The van der Waals surface area contributed by atoms with Crippen LogP contribution in [0.1, 0.15) is 6.92 Å². The molecule has 0 aliphatic heterocycles. The average Bonchev–Trinajstić information content (AvgIpc) is 2.04. The molecule has 0 radical (unpaired) electrons. The Bertz CT molecular complexity index is 258. The number of aliphatic hydroxyl groups excluding tert-OH is 1. The summed E-state index contributed by atoms with van der Waals surface area (Å²) in [7, 11) is 1.94. The predicted octanol–water partition coefficient (Wildman–Crippen LogP) is 2.16. The van der Waals surface area contributed by atoms with Crippen LogP contribution >= 0.6 is 11.6 Å². The molecule has 0 heterocycles. The SMILES string of the molecule is CC(O)CN(C)c1ccc(Cl)cc1. The molecule has 1 unspecified atom stereocenters. The van der Waals surface area contributed by atoms with Crippen LogP contribution in [0.5, 0.6) is 0 Å². The van der Waals surface area contributed by atoms with Gasteiger partial charge in [-0.15, -0.1) is 0 Å². The number of benzene rings is 1. The van der Waals surface area contributed by atoms with Gasteiger partial charge in [-0.1, -0.05) is 11.6 Å². The number of aliphatic hydroxyl groups is 1. The van der Waals surface area contributed by atoms with Crippen LogP contribution in [-0.2, 0) is 0 Å². The predicted molar refractivity (Wildman–Crippen MR) is 56.4 cm³/mol. The molecule has 0 bridgehead atoms. The maximum absolute atomic E-state index is 9.17. The zero-order valence-electron chi connectivity index (χ0n) is 7.87. The number of rotatable bonds is 3. The molecule has 1 aromatic rings. The second kappa shape index (κ2) is 4.49. The van der Waals surface area contributed by atoms with Crippen LogP contribution in [0.2, 0.25) is 5.02 Å². The van der Waals surface area contributed by atoms with Gasteiger partial charge in [-0.2, -0.15) is 0 Å². The number of hydrogen-bond acceptors (Lipinski definition) is 2. The molecule has 0 saturated heterocycles. The Labute approximate surface area is 83.7 Å². The highest BCUT2D eigenvalue weighted by Crippen LogP contribution is 2.16. The molecule has 72 valence electrons. The van der Waals surface area contributed by atoms with E-state index in [1.54, 1.807) is 6.92 Å². The molecule has 1 atom stereocenters. The summed E-state index contributed by atoms with van der Waals surface area (Å²) in [6.45, 7) is 2.40. The molecule has 0 aliphatic rings. The Hall–Kier alpha value is -0.730. The zero-order valence-corrected chi connectivity index (χ0v) is 8.62. The number of halogens is 1. The van der Waals surface area contributed by atoms with Crippen molar-refractivity contribution in [2.45, 2.75) is 13.0 Å². The maximum atomic E-state index is 9.17. The van der Waals surface area contributed by atoms with Crippen LogP contribution < -0.4 is 4.90 Å². The van der Waals surface area contributed by atoms with Gasteiger partial charge in [0.15, 0.2) is 0 Å². The van der Waals surface area contributed by atoms with Crippen molar-refractivity contribution < 1.29 is 5.11 Å². The third-order valence-corrected chi connectivity index (χ3v) is 2.06. The molecule has 3 heteroatoms. The van der Waals surface area contributed by atoms with Gasteiger partial charge in [0.2, 0.25) is 0 Å². The second-order valence-corrected chi connectivity index (χ2v) is 3.64. The molecule has 2 nitrogen and oxygen atoms in total. The first-order chi connectivity index (χ1) is 6.09. The lowest BCUT2D eigenvalue weighted by atomic mass is 10.3. The van der Waals surface area contributed by atoms with Crippen LogP contribution in [0, 0.1) is 0 Å². The maximum Gasteiger partial charge on any atom is 0.0686 e. The van der Waals surface area contributed by atoms with Gasteiger partial charge in [-0.25, -0.2) is 0 Å². The van der Waals surface area contributed by atoms with Crippen molar-refractivity contribution in [1.82, 2.24) is 0 Å². The summed E-state index contributed by atoms with van der Waals surface area (Å²) in [5.74, 6) is 0. The van der Waals surface area contributed by atoms with Crippen molar-refractivity contribution in [3.05, 3.63) is 29.3 Å². The summed E-state index contributed by atoms with van der Waals surface area (Å²) < 4.78 is 0. The van der Waals surface area contributed by atoms with Crippen LogP contribution in [0.3, 0.4) is 0 Å². The van der Waals surface area contributed by atoms with Crippen LogP contribution in [0.25, 0.3) is 0 Å². The van der Waals surface area contributed by atoms with Gasteiger partial charge in [-0.05, 0) is 31.2 Å². The lowest BCUT2D eigenvalue weighted by Crippen LogP contribution is -2.26. The van der Waals surface area contributed by atoms with Crippen molar-refractivity contribution in [1.29, 1.82) is 0 Å². The van der Waals surface area contributed by atoms with E-state index in [0.29, 0.717) is 6.54 Å². The Balaban J connectivity index is 2.66. The van der Waals surface area contributed by atoms with Crippen LogP contribution in [0.15, 0.2) is 24.3 Å². The van der Waals surface area contributed by atoms with Gasteiger partial charge in [0.05, 0.1) is 6.10 Å². The fraction of sp³-hybridized carbons (Fsp3) is 0.400. The fourth-order valence-electron chi connectivity index (χ4n) is 1.20. The van der Waals surface area contributed by atoms with E-state index in [1.165, 1.54) is 0 Å². The second-order valence-electron chi connectivity index (χ2n) is 3.21. The van der Waals surface area contributed by atoms with Gasteiger partial charge in [0.1, 0.15) is 0 Å². The molecule has 0 aromatic heterocycles. The molecule has 0 saturated carbocycles. The van der Waals surface area contributed by atoms with Crippen molar-refractivity contribution in [3.63, 3.8) is 0 Å². The monoisotopic (exact) mass is 199 g/mol.